The van der Waals surface area contributed by atoms with E-state index >= 15 is 0 Å². The molecule has 0 aliphatic rings. The maximum absolute atomic E-state index is 5.30. The molecule has 2 heterocycles. The standard InChI is InChI=1S/C42H34N2.C12H9N/c1-3-14-33(35-26-25-32-17-7-8-18-34(32)27-35)29-40(43-30(2)31-15-5-4-6-16-31)36-19-13-20-37(28-36)44-41-23-11-9-21-38(41)39-22-10-12-24-42(39)44;1-3-7-11-9(5-1)10-6-2-4-8-12(10)13-11/h4-29H,3H2,1-2H3;1-8,13H/b33-14-,40-29-,43-30?;. The van der Waals surface area contributed by atoms with Crippen LogP contribution < -0.4 is 0 Å². The molecule has 0 bridgehead atoms. The van der Waals surface area contributed by atoms with Gasteiger partial charge in [-0.2, -0.15) is 0 Å². The molecule has 3 nitrogen and oxygen atoms in total. The van der Waals surface area contributed by atoms with Crippen LogP contribution in [0.15, 0.2) is 211 Å². The summed E-state index contributed by atoms with van der Waals surface area (Å²) >= 11 is 0. The number of nitrogens with one attached hydrogen (secondary N) is 1. The number of hydrogen-bond donors (Lipinski definition) is 1. The molecule has 274 valence electrons. The summed E-state index contributed by atoms with van der Waals surface area (Å²) in [6.45, 7) is 4.29. The Kier molecular flexibility index (Phi) is 9.87. The molecule has 10 aromatic rings. The first-order valence-corrected chi connectivity index (χ1v) is 19.7. The number of nitrogens with zero attached hydrogens (tertiary/aromatic N) is 2. The minimum Gasteiger partial charge on any atom is -0.355 e. The molecule has 2 aromatic heterocycles. The molecule has 0 spiro atoms. The molecule has 0 aliphatic carbocycles. The van der Waals surface area contributed by atoms with Crippen molar-refractivity contribution in [3.8, 4) is 5.69 Å². The Balaban J connectivity index is 0.000000272. The topological polar surface area (TPSA) is 33.1 Å². The van der Waals surface area contributed by atoms with Crippen molar-refractivity contribution in [2.75, 3.05) is 0 Å². The fourth-order valence-corrected chi connectivity index (χ4v) is 7.91. The van der Waals surface area contributed by atoms with E-state index in [9.17, 15) is 0 Å². The van der Waals surface area contributed by atoms with E-state index in [1.807, 2.05) is 6.07 Å². The van der Waals surface area contributed by atoms with Crippen molar-refractivity contribution in [1.29, 1.82) is 0 Å². The summed E-state index contributed by atoms with van der Waals surface area (Å²) in [6, 6.07) is 68.5. The number of H-pyrrole nitrogens is 1. The SMILES string of the molecule is CC/C=C(/C=C(\N=C(C)c1ccccc1)c1cccc(-n2c3ccccc3c3ccccc32)c1)c1ccc2ccccc2c1.c1ccc2c(c1)[nH]c1ccccc12. The van der Waals surface area contributed by atoms with Gasteiger partial charge in [0.2, 0.25) is 0 Å². The molecule has 1 N–H and O–H groups in total. The van der Waals surface area contributed by atoms with Gasteiger partial charge in [-0.05, 0) is 89.4 Å². The predicted octanol–water partition coefficient (Wildman–Crippen LogP) is 14.6. The molecule has 8 aromatic carbocycles. The number of allylic oxidation sites excluding steroid dienone is 3. The van der Waals surface area contributed by atoms with Crippen LogP contribution in [-0.2, 0) is 0 Å². The Morgan fingerprint density at radius 1 is 0.509 bits per heavy atom. The third kappa shape index (κ3) is 7.19. The fourth-order valence-electron chi connectivity index (χ4n) is 7.91. The lowest BCUT2D eigenvalue weighted by atomic mass is 9.98. The van der Waals surface area contributed by atoms with Gasteiger partial charge >= 0.3 is 0 Å². The van der Waals surface area contributed by atoms with Gasteiger partial charge in [0.05, 0.1) is 16.7 Å². The second kappa shape index (κ2) is 15.9. The van der Waals surface area contributed by atoms with Crippen LogP contribution in [-0.4, -0.2) is 15.3 Å². The van der Waals surface area contributed by atoms with E-state index in [1.54, 1.807) is 0 Å². The molecule has 3 heteroatoms. The first-order valence-electron chi connectivity index (χ1n) is 19.7. The Morgan fingerprint density at radius 2 is 1.07 bits per heavy atom. The second-order valence-corrected chi connectivity index (χ2v) is 14.4. The van der Waals surface area contributed by atoms with Gasteiger partial charge in [0.25, 0.3) is 0 Å². The van der Waals surface area contributed by atoms with Crippen LogP contribution in [0, 0.1) is 0 Å². The molecular weight excluding hydrogens is 691 g/mol. The largest absolute Gasteiger partial charge is 0.355 e. The van der Waals surface area contributed by atoms with Gasteiger partial charge in [0, 0.05) is 49.5 Å². The van der Waals surface area contributed by atoms with Crippen LogP contribution in [0.2, 0.25) is 0 Å². The number of fused-ring (bicyclic) bond motifs is 7. The lowest BCUT2D eigenvalue weighted by Gasteiger charge is -2.13. The van der Waals surface area contributed by atoms with Crippen molar-refractivity contribution in [2.24, 2.45) is 4.99 Å². The van der Waals surface area contributed by atoms with Crippen LogP contribution >= 0.6 is 0 Å². The predicted molar refractivity (Wildman–Crippen MR) is 245 cm³/mol. The van der Waals surface area contributed by atoms with Crippen molar-refractivity contribution in [3.05, 3.63) is 223 Å². The number of benzene rings is 8. The zero-order valence-electron chi connectivity index (χ0n) is 32.2. The highest BCUT2D eigenvalue weighted by Gasteiger charge is 2.14. The molecule has 0 unspecified atom stereocenters. The van der Waals surface area contributed by atoms with Gasteiger partial charge in [0.15, 0.2) is 0 Å². The van der Waals surface area contributed by atoms with Gasteiger partial charge in [-0.1, -0.05) is 165 Å². The highest BCUT2D eigenvalue weighted by molar-refractivity contribution is 6.10. The summed E-state index contributed by atoms with van der Waals surface area (Å²) in [6.07, 6.45) is 5.48. The highest BCUT2D eigenvalue weighted by Crippen LogP contribution is 2.34. The molecule has 0 aliphatic heterocycles. The molecule has 0 fully saturated rings. The molecule has 57 heavy (non-hydrogen) atoms. The van der Waals surface area contributed by atoms with Crippen molar-refractivity contribution in [2.45, 2.75) is 20.3 Å². The number of aromatic nitrogens is 2. The lowest BCUT2D eigenvalue weighted by Crippen LogP contribution is -1.98. The molecule has 0 saturated heterocycles. The molecular formula is C54H43N3. The van der Waals surface area contributed by atoms with Gasteiger partial charge < -0.3 is 9.55 Å². The first-order chi connectivity index (χ1) is 28.1. The summed E-state index contributed by atoms with van der Waals surface area (Å²) < 4.78 is 2.37. The zero-order valence-corrected chi connectivity index (χ0v) is 32.2. The minimum absolute atomic E-state index is 0.925. The van der Waals surface area contributed by atoms with Crippen molar-refractivity contribution in [3.63, 3.8) is 0 Å². The number of hydrogen-bond acceptors (Lipinski definition) is 1. The summed E-state index contributed by atoms with van der Waals surface area (Å²) in [5.41, 5.74) is 12.4. The Bertz CT molecular complexity index is 3010. The third-order valence-corrected chi connectivity index (χ3v) is 10.7. The maximum Gasteiger partial charge on any atom is 0.0712 e. The molecule has 0 radical (unpaired) electrons. The van der Waals surface area contributed by atoms with E-state index in [-0.39, 0.29) is 0 Å². The quantitative estimate of drug-likeness (QED) is 0.125. The summed E-state index contributed by atoms with van der Waals surface area (Å²) in [4.78, 5) is 8.68. The van der Waals surface area contributed by atoms with E-state index in [0.29, 0.717) is 0 Å². The van der Waals surface area contributed by atoms with E-state index < -0.39 is 0 Å². The van der Waals surface area contributed by atoms with Crippen LogP contribution in [0.4, 0.5) is 0 Å². The van der Waals surface area contributed by atoms with Crippen LogP contribution in [0.5, 0.6) is 0 Å². The van der Waals surface area contributed by atoms with E-state index in [0.717, 1.165) is 34.6 Å². The Labute approximate surface area is 333 Å². The first kappa shape index (κ1) is 35.5. The van der Waals surface area contributed by atoms with Gasteiger partial charge in [-0.15, -0.1) is 0 Å². The zero-order chi connectivity index (χ0) is 38.6. The van der Waals surface area contributed by atoms with Gasteiger partial charge in [-0.25, -0.2) is 0 Å². The number of aliphatic imine (C=N–C) groups is 1. The lowest BCUT2D eigenvalue weighted by molar-refractivity contribution is 1.18. The Morgan fingerprint density at radius 3 is 1.74 bits per heavy atom. The smallest absolute Gasteiger partial charge is 0.0712 e. The van der Waals surface area contributed by atoms with Crippen molar-refractivity contribution < 1.29 is 0 Å². The second-order valence-electron chi connectivity index (χ2n) is 14.4. The van der Waals surface area contributed by atoms with Crippen LogP contribution in [0.3, 0.4) is 0 Å². The van der Waals surface area contributed by atoms with Crippen molar-refractivity contribution >= 4 is 71.4 Å². The van der Waals surface area contributed by atoms with E-state index in [4.69, 9.17) is 4.99 Å². The molecule has 10 rings (SSSR count). The summed E-state index contributed by atoms with van der Waals surface area (Å²) in [5.74, 6) is 0. The van der Waals surface area contributed by atoms with Crippen LogP contribution in [0.1, 0.15) is 37.0 Å². The van der Waals surface area contributed by atoms with Crippen molar-refractivity contribution in [1.82, 2.24) is 9.55 Å². The van der Waals surface area contributed by atoms with E-state index in [1.165, 1.54) is 65.5 Å². The number of aromatic amines is 1. The molecule has 0 saturated carbocycles. The average Bonchev–Trinajstić information content (AvgIpc) is 3.82. The van der Waals surface area contributed by atoms with Gasteiger partial charge in [0.1, 0.15) is 0 Å². The van der Waals surface area contributed by atoms with Crippen LogP contribution in [0.25, 0.3) is 71.3 Å². The molecule has 0 amide bonds. The normalized spacial score (nSPS) is 12.4. The summed E-state index contributed by atoms with van der Waals surface area (Å²) in [7, 11) is 0. The number of rotatable bonds is 7. The van der Waals surface area contributed by atoms with E-state index in [2.05, 4.69) is 224 Å². The summed E-state index contributed by atoms with van der Waals surface area (Å²) in [5, 5.41) is 7.60. The highest BCUT2D eigenvalue weighted by atomic mass is 15.0. The Hall–Kier alpha value is -7.23. The number of para-hydroxylation sites is 4. The third-order valence-electron chi connectivity index (χ3n) is 10.7. The monoisotopic (exact) mass is 733 g/mol. The maximum atomic E-state index is 5.30. The molecule has 0 atom stereocenters. The van der Waals surface area contributed by atoms with Gasteiger partial charge in [-0.3, -0.25) is 4.99 Å². The average molecular weight is 734 g/mol. The fraction of sp³-hybridized carbons (Fsp3) is 0.0556. The minimum atomic E-state index is 0.925.